The van der Waals surface area contributed by atoms with Gasteiger partial charge in [0.1, 0.15) is 0 Å². The third-order valence-electron chi connectivity index (χ3n) is 6.46. The van der Waals surface area contributed by atoms with Crippen molar-refractivity contribution >= 4 is 39.2 Å². The van der Waals surface area contributed by atoms with Gasteiger partial charge in [0, 0.05) is 67.7 Å². The Morgan fingerprint density at radius 3 is 2.58 bits per heavy atom. The van der Waals surface area contributed by atoms with Crippen molar-refractivity contribution in [3.05, 3.63) is 108 Å². The van der Waals surface area contributed by atoms with Gasteiger partial charge in [-0.2, -0.15) is 5.10 Å². The van der Waals surface area contributed by atoms with Crippen LogP contribution in [0.3, 0.4) is 0 Å². The van der Waals surface area contributed by atoms with E-state index in [2.05, 4.69) is 98.4 Å². The van der Waals surface area contributed by atoms with Gasteiger partial charge in [-0.15, -0.1) is 11.3 Å². The number of hydrogen-bond acceptors (Lipinski definition) is 6. The number of H-pyrrole nitrogens is 2. The third kappa shape index (κ3) is 5.59. The molecule has 5 heterocycles. The maximum absolute atomic E-state index is 4.63. The van der Waals surface area contributed by atoms with Crippen LogP contribution in [-0.4, -0.2) is 50.7 Å². The van der Waals surface area contributed by atoms with E-state index in [4.69, 9.17) is 0 Å². The van der Waals surface area contributed by atoms with E-state index < -0.39 is 0 Å². The number of aryl methyl sites for hydroxylation is 1. The van der Waals surface area contributed by atoms with Crippen LogP contribution in [0.25, 0.3) is 44.7 Å². The van der Waals surface area contributed by atoms with Crippen molar-refractivity contribution in [1.82, 2.24) is 30.0 Å². The molecule has 5 rings (SSSR count). The second kappa shape index (κ2) is 11.3. The molecule has 0 spiro atoms. The number of pyridine rings is 2. The molecule has 0 bridgehead atoms. The number of nitrogens with zero attached hydrogens (tertiary/aromatic N) is 4. The molecule has 0 fully saturated rings. The lowest BCUT2D eigenvalue weighted by molar-refractivity contribution is 0.447. The standard InChI is InChI=1S/C32H33N7S/c1-8-9-25(30-11-10-29(40-30)19(2)3)26-14-28(36-21(26)5)31-27-13-23(16-34-32(27)38-37-31)22-12-24(17-33-15-22)35-20(4)18-39(6)7/h8-17,35-36H,1-2,4,18H2,3,5-7H3,(H,34,37,38)/b25-9+. The molecule has 0 unspecified atom stereocenters. The Morgan fingerprint density at radius 1 is 1.07 bits per heavy atom. The van der Waals surface area contributed by atoms with Crippen molar-refractivity contribution in [3.63, 3.8) is 0 Å². The fourth-order valence-electron chi connectivity index (χ4n) is 4.66. The van der Waals surface area contributed by atoms with Crippen LogP contribution >= 0.6 is 11.3 Å². The van der Waals surface area contributed by atoms with Gasteiger partial charge in [0.25, 0.3) is 0 Å². The van der Waals surface area contributed by atoms with Crippen LogP contribution in [-0.2, 0) is 0 Å². The second-order valence-corrected chi connectivity index (χ2v) is 11.2. The van der Waals surface area contributed by atoms with Gasteiger partial charge in [-0.1, -0.05) is 31.9 Å². The fourth-order valence-corrected chi connectivity index (χ4v) is 5.63. The highest BCUT2D eigenvalue weighted by Gasteiger charge is 2.18. The van der Waals surface area contributed by atoms with Gasteiger partial charge >= 0.3 is 0 Å². The molecule has 0 saturated carbocycles. The highest BCUT2D eigenvalue weighted by Crippen LogP contribution is 2.37. The predicted octanol–water partition coefficient (Wildman–Crippen LogP) is 7.52. The second-order valence-electron chi connectivity index (χ2n) is 10.1. The Labute approximate surface area is 238 Å². The molecule has 5 aromatic heterocycles. The van der Waals surface area contributed by atoms with E-state index in [0.717, 1.165) is 68.2 Å². The Balaban J connectivity index is 1.50. The summed E-state index contributed by atoms with van der Waals surface area (Å²) in [4.78, 5) is 17.0. The molecule has 0 saturated heterocycles. The van der Waals surface area contributed by atoms with Gasteiger partial charge < -0.3 is 15.2 Å². The van der Waals surface area contributed by atoms with E-state index in [-0.39, 0.29) is 0 Å². The molecule has 0 aromatic carbocycles. The first kappa shape index (κ1) is 27.1. The molecule has 8 heteroatoms. The van der Waals surface area contributed by atoms with Crippen molar-refractivity contribution in [1.29, 1.82) is 0 Å². The average molecular weight is 548 g/mol. The lowest BCUT2D eigenvalue weighted by atomic mass is 10.0. The summed E-state index contributed by atoms with van der Waals surface area (Å²) in [5, 5.41) is 11.9. The first-order valence-electron chi connectivity index (χ1n) is 12.9. The Morgan fingerprint density at radius 2 is 1.85 bits per heavy atom. The number of aromatic nitrogens is 5. The van der Waals surface area contributed by atoms with Crippen molar-refractivity contribution in [2.24, 2.45) is 0 Å². The van der Waals surface area contributed by atoms with Crippen LogP contribution in [0.15, 0.2) is 86.5 Å². The Kier molecular flexibility index (Phi) is 7.64. The molecule has 0 radical (unpaired) electrons. The number of anilines is 1. The van der Waals surface area contributed by atoms with Crippen molar-refractivity contribution in [2.75, 3.05) is 26.0 Å². The summed E-state index contributed by atoms with van der Waals surface area (Å²) >= 11 is 1.73. The van der Waals surface area contributed by atoms with Gasteiger partial charge in [-0.3, -0.25) is 10.1 Å². The number of aromatic amines is 2. The van der Waals surface area contributed by atoms with Crippen molar-refractivity contribution in [3.8, 4) is 22.5 Å². The first-order valence-corrected chi connectivity index (χ1v) is 13.7. The van der Waals surface area contributed by atoms with Gasteiger partial charge in [0.15, 0.2) is 5.65 Å². The molecule has 7 nitrogen and oxygen atoms in total. The molecule has 202 valence electrons. The molecular weight excluding hydrogens is 514 g/mol. The highest BCUT2D eigenvalue weighted by atomic mass is 32.1. The Hall–Kier alpha value is -4.53. The number of nitrogens with one attached hydrogen (secondary N) is 3. The van der Waals surface area contributed by atoms with E-state index in [9.17, 15) is 0 Å². The lowest BCUT2D eigenvalue weighted by Crippen LogP contribution is -2.18. The molecular formula is C32H33N7S. The largest absolute Gasteiger partial charge is 0.357 e. The van der Waals surface area contributed by atoms with Crippen LogP contribution < -0.4 is 5.32 Å². The minimum Gasteiger partial charge on any atom is -0.357 e. The molecule has 0 aliphatic carbocycles. The third-order valence-corrected chi connectivity index (χ3v) is 7.74. The highest BCUT2D eigenvalue weighted by molar-refractivity contribution is 7.14. The summed E-state index contributed by atoms with van der Waals surface area (Å²) in [6.07, 6.45) is 9.35. The number of thiophene rings is 1. The monoisotopic (exact) mass is 547 g/mol. The number of likely N-dealkylation sites (N-methyl/N-ethyl adjacent to an activating group) is 1. The molecule has 5 aromatic rings. The molecule has 40 heavy (non-hydrogen) atoms. The van der Waals surface area contributed by atoms with Crippen LogP contribution in [0.1, 0.15) is 27.9 Å². The summed E-state index contributed by atoms with van der Waals surface area (Å²) in [7, 11) is 4.02. The minimum absolute atomic E-state index is 0.653. The maximum Gasteiger partial charge on any atom is 0.181 e. The molecule has 0 amide bonds. The summed E-state index contributed by atoms with van der Waals surface area (Å²) in [6.45, 7) is 17.0. The fraction of sp³-hybridized carbons (Fsp3) is 0.156. The summed E-state index contributed by atoms with van der Waals surface area (Å²) in [6, 6.07) is 10.6. The molecule has 0 atom stereocenters. The SMILES string of the molecule is C=C/C=C(/c1ccc(C(=C)C)s1)c1cc(-c2[nH]nc3ncc(-c4cncc(NC(=C)CN(C)C)c4)cc23)[nH]c1C. The molecule has 3 N–H and O–H groups in total. The van der Waals surface area contributed by atoms with Gasteiger partial charge in [0.05, 0.1) is 23.3 Å². The quantitative estimate of drug-likeness (QED) is 0.157. The molecule has 0 aliphatic heterocycles. The van der Waals surface area contributed by atoms with Crippen molar-refractivity contribution in [2.45, 2.75) is 13.8 Å². The smallest absolute Gasteiger partial charge is 0.181 e. The van der Waals surface area contributed by atoms with E-state index in [0.29, 0.717) is 5.65 Å². The zero-order valence-corrected chi connectivity index (χ0v) is 24.1. The molecule has 0 aliphatic rings. The van der Waals surface area contributed by atoms with Crippen LogP contribution in [0.2, 0.25) is 0 Å². The first-order chi connectivity index (χ1) is 19.2. The Bertz CT molecular complexity index is 1760. The number of allylic oxidation sites excluding steroid dienone is 3. The van der Waals surface area contributed by atoms with E-state index in [1.807, 2.05) is 39.5 Å². The van der Waals surface area contributed by atoms with Gasteiger partial charge in [-0.25, -0.2) is 4.98 Å². The predicted molar refractivity (Wildman–Crippen MR) is 169 cm³/mol. The zero-order valence-electron chi connectivity index (χ0n) is 23.3. The maximum atomic E-state index is 4.63. The summed E-state index contributed by atoms with van der Waals surface area (Å²) in [5.41, 5.74) is 10.5. The van der Waals surface area contributed by atoms with Gasteiger partial charge in [-0.05, 0) is 63.8 Å². The van der Waals surface area contributed by atoms with Gasteiger partial charge in [0.2, 0.25) is 0 Å². The van der Waals surface area contributed by atoms with Crippen LogP contribution in [0, 0.1) is 6.92 Å². The van der Waals surface area contributed by atoms with E-state index in [1.54, 1.807) is 17.5 Å². The average Bonchev–Trinajstić information content (AvgIpc) is 3.65. The summed E-state index contributed by atoms with van der Waals surface area (Å²) < 4.78 is 0. The van der Waals surface area contributed by atoms with E-state index in [1.165, 1.54) is 9.75 Å². The normalized spacial score (nSPS) is 11.8. The minimum atomic E-state index is 0.653. The van der Waals surface area contributed by atoms with Crippen LogP contribution in [0.5, 0.6) is 0 Å². The topological polar surface area (TPSA) is 85.5 Å². The summed E-state index contributed by atoms with van der Waals surface area (Å²) in [5.74, 6) is 0. The van der Waals surface area contributed by atoms with Crippen LogP contribution in [0.4, 0.5) is 5.69 Å². The van der Waals surface area contributed by atoms with E-state index >= 15 is 0 Å². The number of fused-ring (bicyclic) bond motifs is 1. The zero-order chi connectivity index (χ0) is 28.4. The van der Waals surface area contributed by atoms with Crippen molar-refractivity contribution < 1.29 is 0 Å². The number of hydrogen-bond donors (Lipinski definition) is 3. The lowest BCUT2D eigenvalue weighted by Gasteiger charge is -2.14. The number of rotatable bonds is 10.